The maximum atomic E-state index is 9.72. The molecule has 0 bridgehead atoms. The van der Waals surface area contributed by atoms with E-state index in [2.05, 4.69) is 27.0 Å². The zero-order valence-corrected chi connectivity index (χ0v) is 21.0. The molecular formula is C28H31N5O4. The topological polar surface area (TPSA) is 103 Å². The maximum Gasteiger partial charge on any atom is 0.137 e. The first-order valence-electron chi connectivity index (χ1n) is 12.6. The van der Waals surface area contributed by atoms with Gasteiger partial charge in [-0.3, -0.25) is 0 Å². The number of ether oxygens (including phenoxy) is 4. The Morgan fingerprint density at radius 3 is 2.68 bits per heavy atom. The first-order valence-corrected chi connectivity index (χ1v) is 12.6. The van der Waals surface area contributed by atoms with E-state index in [1.54, 1.807) is 13.3 Å². The van der Waals surface area contributed by atoms with Crippen LogP contribution in [0.4, 0.5) is 5.82 Å². The van der Waals surface area contributed by atoms with Crippen molar-refractivity contribution in [3.8, 4) is 23.1 Å². The molecule has 0 unspecified atom stereocenters. The zero-order valence-electron chi connectivity index (χ0n) is 21.0. The van der Waals surface area contributed by atoms with E-state index in [1.807, 2.05) is 36.5 Å². The molecule has 0 N–H and O–H groups in total. The lowest BCUT2D eigenvalue weighted by atomic mass is 10.1. The van der Waals surface area contributed by atoms with Gasteiger partial charge in [-0.15, -0.1) is 0 Å². The lowest BCUT2D eigenvalue weighted by Crippen LogP contribution is -2.53. The highest BCUT2D eigenvalue weighted by Crippen LogP contribution is 2.28. The van der Waals surface area contributed by atoms with Gasteiger partial charge in [-0.1, -0.05) is 0 Å². The summed E-state index contributed by atoms with van der Waals surface area (Å²) in [5, 5.41) is 9.72. The van der Waals surface area contributed by atoms with Crippen LogP contribution in [0.25, 0.3) is 11.3 Å². The molecule has 0 atom stereocenters. The molecule has 9 nitrogen and oxygen atoms in total. The minimum Gasteiger partial charge on any atom is -0.489 e. The van der Waals surface area contributed by atoms with Gasteiger partial charge in [0.2, 0.25) is 0 Å². The van der Waals surface area contributed by atoms with Crippen molar-refractivity contribution in [3.05, 3.63) is 65.7 Å². The summed E-state index contributed by atoms with van der Waals surface area (Å²) >= 11 is 0. The van der Waals surface area contributed by atoms with Crippen LogP contribution in [-0.2, 0) is 20.6 Å². The Labute approximate surface area is 217 Å². The second-order valence-corrected chi connectivity index (χ2v) is 9.20. The van der Waals surface area contributed by atoms with Gasteiger partial charge in [0, 0.05) is 57.4 Å². The number of hydrogen-bond acceptors (Lipinski definition) is 9. The standard InChI is InChI=1S/C28H31N5O4/c1-34-12-13-36-24-18-33(19-24)28-15-20(4-8-31-28)14-27-30-9-5-25(32-27)21-2-3-26(22(16-21)17-29)37-23-6-10-35-11-7-23/h2-5,8-9,15-16,23-24H,6-7,10-14,18-19H2,1H3. The third kappa shape index (κ3) is 6.41. The molecule has 0 spiro atoms. The second kappa shape index (κ2) is 12.1. The van der Waals surface area contributed by atoms with E-state index in [-0.39, 0.29) is 12.2 Å². The van der Waals surface area contributed by atoms with Gasteiger partial charge in [0.25, 0.3) is 0 Å². The third-order valence-corrected chi connectivity index (χ3v) is 6.55. The number of aromatic nitrogens is 3. The predicted octanol–water partition coefficient (Wildman–Crippen LogP) is 3.41. The highest BCUT2D eigenvalue weighted by molar-refractivity contribution is 5.64. The molecule has 2 aliphatic heterocycles. The molecule has 1 aromatic carbocycles. The number of nitrogens with zero attached hydrogens (tertiary/aromatic N) is 5. The molecule has 0 radical (unpaired) electrons. The van der Waals surface area contributed by atoms with E-state index in [9.17, 15) is 5.26 Å². The lowest BCUT2D eigenvalue weighted by Gasteiger charge is -2.39. The van der Waals surface area contributed by atoms with Crippen LogP contribution in [0.2, 0.25) is 0 Å². The molecular weight excluding hydrogens is 470 g/mol. The van der Waals surface area contributed by atoms with Gasteiger partial charge in [-0.2, -0.15) is 5.26 Å². The molecule has 0 aliphatic carbocycles. The molecule has 192 valence electrons. The minimum absolute atomic E-state index is 0.0768. The normalized spacial score (nSPS) is 16.3. The highest BCUT2D eigenvalue weighted by atomic mass is 16.5. The minimum atomic E-state index is 0.0768. The molecule has 0 saturated carbocycles. The summed E-state index contributed by atoms with van der Waals surface area (Å²) < 4.78 is 22.3. The number of anilines is 1. The molecule has 37 heavy (non-hydrogen) atoms. The van der Waals surface area contributed by atoms with Crippen molar-refractivity contribution in [1.29, 1.82) is 5.26 Å². The van der Waals surface area contributed by atoms with E-state index in [4.69, 9.17) is 23.9 Å². The molecule has 2 saturated heterocycles. The van der Waals surface area contributed by atoms with Gasteiger partial charge >= 0.3 is 0 Å². The summed E-state index contributed by atoms with van der Waals surface area (Å²) in [5.41, 5.74) is 3.22. The maximum absolute atomic E-state index is 9.72. The Bertz CT molecular complexity index is 1240. The first-order chi connectivity index (χ1) is 18.2. The largest absolute Gasteiger partial charge is 0.489 e. The molecule has 9 heteroatoms. The summed E-state index contributed by atoms with van der Waals surface area (Å²) in [7, 11) is 1.68. The molecule has 5 rings (SSSR count). The van der Waals surface area contributed by atoms with Gasteiger partial charge in [0.1, 0.15) is 29.6 Å². The Balaban J connectivity index is 1.24. The fourth-order valence-corrected chi connectivity index (χ4v) is 4.45. The number of methoxy groups -OCH3 is 1. The van der Waals surface area contributed by atoms with Crippen LogP contribution in [0.15, 0.2) is 48.8 Å². The van der Waals surface area contributed by atoms with Gasteiger partial charge in [-0.25, -0.2) is 15.0 Å². The summed E-state index contributed by atoms with van der Waals surface area (Å²) in [6.45, 7) is 4.24. The van der Waals surface area contributed by atoms with Crippen LogP contribution in [0.5, 0.6) is 5.75 Å². The third-order valence-electron chi connectivity index (χ3n) is 6.55. The number of pyridine rings is 1. The molecule has 2 aliphatic rings. The summed E-state index contributed by atoms with van der Waals surface area (Å²) in [6, 6.07) is 13.8. The molecule has 4 heterocycles. The summed E-state index contributed by atoms with van der Waals surface area (Å²) in [6.07, 6.45) is 6.12. The number of benzene rings is 1. The van der Waals surface area contributed by atoms with Crippen molar-refractivity contribution in [2.45, 2.75) is 31.5 Å². The predicted molar refractivity (Wildman–Crippen MR) is 138 cm³/mol. The summed E-state index contributed by atoms with van der Waals surface area (Å²) in [4.78, 5) is 16.0. The van der Waals surface area contributed by atoms with E-state index < -0.39 is 0 Å². The summed E-state index contributed by atoms with van der Waals surface area (Å²) in [5.74, 6) is 2.24. The van der Waals surface area contributed by atoms with Crippen LogP contribution >= 0.6 is 0 Å². The second-order valence-electron chi connectivity index (χ2n) is 9.20. The first kappa shape index (κ1) is 25.1. The van der Waals surface area contributed by atoms with E-state index in [1.165, 1.54) is 0 Å². The van der Waals surface area contributed by atoms with Crippen molar-refractivity contribution in [3.63, 3.8) is 0 Å². The number of nitriles is 1. The molecule has 2 aromatic heterocycles. The Morgan fingerprint density at radius 1 is 1.03 bits per heavy atom. The molecule has 3 aromatic rings. The average molecular weight is 502 g/mol. The van der Waals surface area contributed by atoms with Gasteiger partial charge < -0.3 is 23.8 Å². The Morgan fingerprint density at radius 2 is 1.86 bits per heavy atom. The molecule has 2 fully saturated rings. The van der Waals surface area contributed by atoms with E-state index in [0.29, 0.717) is 50.0 Å². The quantitative estimate of drug-likeness (QED) is 0.387. The molecule has 0 amide bonds. The fraction of sp³-hybridized carbons (Fsp3) is 0.429. The Hall–Kier alpha value is -3.58. The fourth-order valence-electron chi connectivity index (χ4n) is 4.45. The van der Waals surface area contributed by atoms with Crippen LogP contribution in [0, 0.1) is 11.3 Å². The Kier molecular flexibility index (Phi) is 8.21. The smallest absolute Gasteiger partial charge is 0.137 e. The lowest BCUT2D eigenvalue weighted by molar-refractivity contribution is 0.00375. The monoisotopic (exact) mass is 501 g/mol. The van der Waals surface area contributed by atoms with Crippen molar-refractivity contribution >= 4 is 5.82 Å². The van der Waals surface area contributed by atoms with Crippen molar-refractivity contribution < 1.29 is 18.9 Å². The van der Waals surface area contributed by atoms with E-state index >= 15 is 0 Å². The van der Waals surface area contributed by atoms with Crippen molar-refractivity contribution in [1.82, 2.24) is 15.0 Å². The van der Waals surface area contributed by atoms with Crippen LogP contribution < -0.4 is 9.64 Å². The van der Waals surface area contributed by atoms with Gasteiger partial charge in [0.05, 0.1) is 43.8 Å². The van der Waals surface area contributed by atoms with Gasteiger partial charge in [-0.05, 0) is 42.0 Å². The average Bonchev–Trinajstić information content (AvgIpc) is 2.91. The zero-order chi connectivity index (χ0) is 25.5. The number of rotatable bonds is 10. The van der Waals surface area contributed by atoms with E-state index in [0.717, 1.165) is 48.6 Å². The van der Waals surface area contributed by atoms with Crippen LogP contribution in [-0.4, -0.2) is 73.8 Å². The van der Waals surface area contributed by atoms with Gasteiger partial charge in [0.15, 0.2) is 0 Å². The number of hydrogen-bond donors (Lipinski definition) is 0. The SMILES string of the molecule is COCCOC1CN(c2cc(Cc3nccc(-c4ccc(OC5CCOCC5)c(C#N)c4)n3)ccn2)C1. The van der Waals surface area contributed by atoms with Crippen molar-refractivity contribution in [2.75, 3.05) is 51.5 Å². The highest BCUT2D eigenvalue weighted by Gasteiger charge is 2.28. The van der Waals surface area contributed by atoms with Crippen molar-refractivity contribution in [2.24, 2.45) is 0 Å². The van der Waals surface area contributed by atoms with Crippen LogP contribution in [0.1, 0.15) is 29.8 Å². The van der Waals surface area contributed by atoms with Crippen LogP contribution in [0.3, 0.4) is 0 Å².